The summed E-state index contributed by atoms with van der Waals surface area (Å²) in [7, 11) is 0. The molecule has 0 aliphatic heterocycles. The maximum Gasteiger partial charge on any atom is 0.227 e. The van der Waals surface area contributed by atoms with Crippen LogP contribution in [0.3, 0.4) is 0 Å². The Morgan fingerprint density at radius 1 is 1.47 bits per heavy atom. The monoisotopic (exact) mass is 214 g/mol. The van der Waals surface area contributed by atoms with Gasteiger partial charge in [0.05, 0.1) is 5.41 Å². The van der Waals surface area contributed by atoms with Gasteiger partial charge in [0.1, 0.15) is 0 Å². The normalized spacial score (nSPS) is 16.9. The number of nitrogens with two attached hydrogens (primary N) is 1. The van der Waals surface area contributed by atoms with E-state index in [2.05, 4.69) is 19.2 Å². The van der Waals surface area contributed by atoms with Crippen LogP contribution in [0.2, 0.25) is 0 Å². The van der Waals surface area contributed by atoms with Crippen molar-refractivity contribution in [2.45, 2.75) is 59.4 Å². The molecular weight excluding hydrogens is 188 g/mol. The molecule has 3 heteroatoms. The lowest BCUT2D eigenvalue weighted by molar-refractivity contribution is -0.130. The van der Waals surface area contributed by atoms with Gasteiger partial charge in [-0.3, -0.25) is 4.79 Å². The molecule has 1 amide bonds. The Morgan fingerprint density at radius 3 is 2.47 bits per heavy atom. The molecule has 0 bridgehead atoms. The van der Waals surface area contributed by atoms with Gasteiger partial charge in [0.2, 0.25) is 5.91 Å². The summed E-state index contributed by atoms with van der Waals surface area (Å²) in [6, 6.07) is 0.259. The summed E-state index contributed by atoms with van der Waals surface area (Å²) in [6.45, 7) is 8.55. The number of hydrogen-bond acceptors (Lipinski definition) is 2. The van der Waals surface area contributed by atoms with Crippen LogP contribution in [0.25, 0.3) is 0 Å². The predicted molar refractivity (Wildman–Crippen MR) is 64.6 cm³/mol. The Balaban J connectivity index is 4.10. The number of rotatable bonds is 7. The van der Waals surface area contributed by atoms with Crippen molar-refractivity contribution in [3.63, 3.8) is 0 Å². The lowest BCUT2D eigenvalue weighted by Gasteiger charge is -2.27. The highest BCUT2D eigenvalue weighted by atomic mass is 16.2. The number of nitrogens with one attached hydrogen (secondary N) is 1. The van der Waals surface area contributed by atoms with Crippen LogP contribution >= 0.6 is 0 Å². The van der Waals surface area contributed by atoms with Gasteiger partial charge in [-0.2, -0.15) is 0 Å². The third-order valence-electron chi connectivity index (χ3n) is 3.15. The Hall–Kier alpha value is -0.570. The average molecular weight is 214 g/mol. The van der Waals surface area contributed by atoms with Crippen LogP contribution in [0, 0.1) is 5.41 Å². The standard InChI is InChI=1S/C12H26N2O/c1-5-7-8-10(3)14-11(15)12(4,6-2)9-13/h10H,5-9,13H2,1-4H3,(H,14,15). The number of unbranched alkanes of at least 4 members (excludes halogenated alkanes) is 1. The van der Waals surface area contributed by atoms with Crippen molar-refractivity contribution >= 4 is 5.91 Å². The smallest absolute Gasteiger partial charge is 0.227 e. The summed E-state index contributed by atoms with van der Waals surface area (Å²) in [4.78, 5) is 11.9. The van der Waals surface area contributed by atoms with E-state index in [-0.39, 0.29) is 11.9 Å². The third-order valence-corrected chi connectivity index (χ3v) is 3.15. The van der Waals surface area contributed by atoms with Crippen LogP contribution in [-0.2, 0) is 4.79 Å². The Labute approximate surface area is 93.8 Å². The fraction of sp³-hybridized carbons (Fsp3) is 0.917. The first-order valence-electron chi connectivity index (χ1n) is 6.01. The fourth-order valence-corrected chi connectivity index (χ4v) is 1.38. The van der Waals surface area contributed by atoms with E-state index in [9.17, 15) is 4.79 Å². The molecule has 0 saturated heterocycles. The van der Waals surface area contributed by atoms with Crippen LogP contribution in [0.5, 0.6) is 0 Å². The van der Waals surface area contributed by atoms with Crippen molar-refractivity contribution < 1.29 is 4.79 Å². The molecule has 2 unspecified atom stereocenters. The average Bonchev–Trinajstić information content (AvgIpc) is 2.24. The quantitative estimate of drug-likeness (QED) is 0.681. The van der Waals surface area contributed by atoms with Gasteiger partial charge >= 0.3 is 0 Å². The molecule has 0 saturated carbocycles. The predicted octanol–water partition coefficient (Wildman–Crippen LogP) is 2.06. The van der Waals surface area contributed by atoms with Crippen molar-refractivity contribution in [1.82, 2.24) is 5.32 Å². The highest BCUT2D eigenvalue weighted by Crippen LogP contribution is 2.19. The second-order valence-corrected chi connectivity index (χ2v) is 4.64. The van der Waals surface area contributed by atoms with Gasteiger partial charge in [0.15, 0.2) is 0 Å². The molecule has 0 rings (SSSR count). The maximum absolute atomic E-state index is 11.9. The molecule has 0 aliphatic rings. The van der Waals surface area contributed by atoms with Gasteiger partial charge in [0, 0.05) is 12.6 Å². The second kappa shape index (κ2) is 6.83. The van der Waals surface area contributed by atoms with Gasteiger partial charge in [-0.05, 0) is 26.7 Å². The van der Waals surface area contributed by atoms with Crippen molar-refractivity contribution in [3.05, 3.63) is 0 Å². The highest BCUT2D eigenvalue weighted by molar-refractivity contribution is 5.82. The van der Waals surface area contributed by atoms with Crippen molar-refractivity contribution in [2.24, 2.45) is 11.1 Å². The minimum absolute atomic E-state index is 0.0936. The topological polar surface area (TPSA) is 55.1 Å². The minimum Gasteiger partial charge on any atom is -0.353 e. The molecule has 90 valence electrons. The molecule has 0 aromatic carbocycles. The molecule has 0 aliphatic carbocycles. The zero-order valence-corrected chi connectivity index (χ0v) is 10.6. The van der Waals surface area contributed by atoms with E-state index < -0.39 is 5.41 Å². The third kappa shape index (κ3) is 4.65. The molecular formula is C12H26N2O. The van der Waals surface area contributed by atoms with Crippen LogP contribution in [0.4, 0.5) is 0 Å². The minimum atomic E-state index is -0.402. The number of amides is 1. The fourth-order valence-electron chi connectivity index (χ4n) is 1.38. The van der Waals surface area contributed by atoms with E-state index in [1.807, 2.05) is 13.8 Å². The lowest BCUT2D eigenvalue weighted by Crippen LogP contribution is -2.46. The van der Waals surface area contributed by atoms with E-state index in [4.69, 9.17) is 5.73 Å². The van der Waals surface area contributed by atoms with Crippen LogP contribution in [0.1, 0.15) is 53.4 Å². The molecule has 15 heavy (non-hydrogen) atoms. The molecule has 3 nitrogen and oxygen atoms in total. The first-order chi connectivity index (χ1) is 7.00. The van der Waals surface area contributed by atoms with E-state index in [1.54, 1.807) is 0 Å². The van der Waals surface area contributed by atoms with E-state index >= 15 is 0 Å². The van der Waals surface area contributed by atoms with Gasteiger partial charge < -0.3 is 11.1 Å². The Kier molecular flexibility index (Phi) is 6.57. The molecule has 0 aromatic heterocycles. The molecule has 0 heterocycles. The zero-order valence-electron chi connectivity index (χ0n) is 10.6. The van der Waals surface area contributed by atoms with Gasteiger partial charge in [-0.25, -0.2) is 0 Å². The van der Waals surface area contributed by atoms with Crippen molar-refractivity contribution in [3.8, 4) is 0 Å². The van der Waals surface area contributed by atoms with Gasteiger partial charge in [-0.15, -0.1) is 0 Å². The number of carbonyl (C=O) groups excluding carboxylic acids is 1. The molecule has 0 spiro atoms. The highest BCUT2D eigenvalue weighted by Gasteiger charge is 2.30. The molecule has 3 N–H and O–H groups in total. The zero-order chi connectivity index (χ0) is 11.9. The Morgan fingerprint density at radius 2 is 2.07 bits per heavy atom. The van der Waals surface area contributed by atoms with Crippen LogP contribution in [0.15, 0.2) is 0 Å². The van der Waals surface area contributed by atoms with Crippen LogP contribution < -0.4 is 11.1 Å². The number of carbonyl (C=O) groups is 1. The molecule has 0 fully saturated rings. The Bertz CT molecular complexity index is 188. The largest absolute Gasteiger partial charge is 0.353 e. The summed E-state index contributed by atoms with van der Waals surface area (Å²) in [5, 5.41) is 3.04. The van der Waals surface area contributed by atoms with E-state index in [0.29, 0.717) is 6.54 Å². The number of hydrogen-bond donors (Lipinski definition) is 2. The maximum atomic E-state index is 11.9. The molecule has 0 aromatic rings. The summed E-state index contributed by atoms with van der Waals surface area (Å²) < 4.78 is 0. The van der Waals surface area contributed by atoms with Crippen molar-refractivity contribution in [1.29, 1.82) is 0 Å². The lowest BCUT2D eigenvalue weighted by atomic mass is 9.86. The first kappa shape index (κ1) is 14.4. The summed E-state index contributed by atoms with van der Waals surface area (Å²) in [6.07, 6.45) is 4.16. The van der Waals surface area contributed by atoms with E-state index in [1.165, 1.54) is 6.42 Å². The van der Waals surface area contributed by atoms with Gasteiger partial charge in [0.25, 0.3) is 0 Å². The van der Waals surface area contributed by atoms with Crippen molar-refractivity contribution in [2.75, 3.05) is 6.54 Å². The summed E-state index contributed by atoms with van der Waals surface area (Å²) in [5.74, 6) is 0.0936. The second-order valence-electron chi connectivity index (χ2n) is 4.64. The van der Waals surface area contributed by atoms with E-state index in [0.717, 1.165) is 19.3 Å². The van der Waals surface area contributed by atoms with Gasteiger partial charge in [-0.1, -0.05) is 26.7 Å². The summed E-state index contributed by atoms with van der Waals surface area (Å²) in [5.41, 5.74) is 5.23. The first-order valence-corrected chi connectivity index (χ1v) is 6.01. The SMILES string of the molecule is CCCCC(C)NC(=O)C(C)(CC)CN. The molecule has 2 atom stereocenters. The molecule has 0 radical (unpaired) electrons. The van der Waals surface area contributed by atoms with Crippen LogP contribution in [-0.4, -0.2) is 18.5 Å². The summed E-state index contributed by atoms with van der Waals surface area (Å²) >= 11 is 0.